The second kappa shape index (κ2) is 7.19. The number of aromatic nitrogens is 2. The highest BCUT2D eigenvalue weighted by Crippen LogP contribution is 2.28. The lowest BCUT2D eigenvalue weighted by Crippen LogP contribution is -1.89. The van der Waals surface area contributed by atoms with Gasteiger partial charge in [0.1, 0.15) is 11.5 Å². The van der Waals surface area contributed by atoms with Gasteiger partial charge >= 0.3 is 0 Å². The normalized spacial score (nSPS) is 11.0. The molecule has 0 saturated heterocycles. The summed E-state index contributed by atoms with van der Waals surface area (Å²) in [7, 11) is 3.18. The molecule has 0 bridgehead atoms. The maximum Gasteiger partial charge on any atom is 0.250 e. The molecular weight excluding hydrogens is 328 g/mol. The molecule has 24 heavy (non-hydrogen) atoms. The molecular formula is C18H15ClN2O3. The molecule has 0 aliphatic rings. The van der Waals surface area contributed by atoms with Crippen molar-refractivity contribution in [1.29, 1.82) is 0 Å². The van der Waals surface area contributed by atoms with Gasteiger partial charge in [0.25, 0.3) is 5.89 Å². The van der Waals surface area contributed by atoms with E-state index in [1.54, 1.807) is 26.4 Å². The molecule has 122 valence electrons. The van der Waals surface area contributed by atoms with E-state index < -0.39 is 0 Å². The van der Waals surface area contributed by atoms with Crippen LogP contribution >= 0.6 is 11.6 Å². The molecule has 1 heterocycles. The minimum Gasteiger partial charge on any atom is -0.497 e. The zero-order valence-electron chi connectivity index (χ0n) is 13.2. The summed E-state index contributed by atoms with van der Waals surface area (Å²) in [5.41, 5.74) is 1.62. The lowest BCUT2D eigenvalue weighted by atomic mass is 10.2. The molecule has 1 aromatic heterocycles. The summed E-state index contributed by atoms with van der Waals surface area (Å²) in [6.45, 7) is 0. The lowest BCUT2D eigenvalue weighted by Gasteiger charge is -2.05. The first-order valence-electron chi connectivity index (χ1n) is 7.19. The van der Waals surface area contributed by atoms with Gasteiger partial charge in [0.2, 0.25) is 5.82 Å². The highest BCUT2D eigenvalue weighted by Gasteiger charge is 2.10. The van der Waals surface area contributed by atoms with Gasteiger partial charge in [-0.25, -0.2) is 0 Å². The molecule has 5 nitrogen and oxygen atoms in total. The van der Waals surface area contributed by atoms with Crippen molar-refractivity contribution in [3.63, 3.8) is 0 Å². The summed E-state index contributed by atoms with van der Waals surface area (Å²) in [6.07, 6.45) is 3.54. The van der Waals surface area contributed by atoms with E-state index in [4.69, 9.17) is 25.6 Å². The van der Waals surface area contributed by atoms with Crippen LogP contribution in [0.4, 0.5) is 0 Å². The summed E-state index contributed by atoms with van der Waals surface area (Å²) in [6, 6.07) is 12.9. The van der Waals surface area contributed by atoms with E-state index in [-0.39, 0.29) is 0 Å². The van der Waals surface area contributed by atoms with E-state index in [1.165, 1.54) is 0 Å². The van der Waals surface area contributed by atoms with Gasteiger partial charge in [-0.05, 0) is 29.8 Å². The number of hydrogen-bond acceptors (Lipinski definition) is 5. The number of benzene rings is 2. The van der Waals surface area contributed by atoms with E-state index in [2.05, 4.69) is 10.1 Å². The number of hydrogen-bond donors (Lipinski definition) is 0. The molecule has 0 fully saturated rings. The van der Waals surface area contributed by atoms with Gasteiger partial charge in [-0.15, -0.1) is 0 Å². The van der Waals surface area contributed by atoms with Crippen LogP contribution in [0.5, 0.6) is 11.5 Å². The fraction of sp³-hybridized carbons (Fsp3) is 0.111. The molecule has 0 atom stereocenters. The molecule has 0 radical (unpaired) electrons. The Kier molecular flexibility index (Phi) is 4.82. The number of rotatable bonds is 5. The third kappa shape index (κ3) is 3.58. The monoisotopic (exact) mass is 342 g/mol. The van der Waals surface area contributed by atoms with Crippen molar-refractivity contribution in [2.45, 2.75) is 0 Å². The van der Waals surface area contributed by atoms with E-state index in [1.807, 2.05) is 42.5 Å². The van der Waals surface area contributed by atoms with Crippen LogP contribution in [0.1, 0.15) is 11.5 Å². The first-order valence-corrected chi connectivity index (χ1v) is 7.57. The van der Waals surface area contributed by atoms with Gasteiger partial charge in [0.05, 0.1) is 14.2 Å². The van der Waals surface area contributed by atoms with Crippen LogP contribution in [0, 0.1) is 0 Å². The van der Waals surface area contributed by atoms with Gasteiger partial charge in [0.15, 0.2) is 0 Å². The third-order valence-corrected chi connectivity index (χ3v) is 3.71. The van der Waals surface area contributed by atoms with Gasteiger partial charge in [-0.3, -0.25) is 0 Å². The Hall–Kier alpha value is -2.79. The number of ether oxygens (including phenoxy) is 2. The van der Waals surface area contributed by atoms with Gasteiger partial charge < -0.3 is 14.0 Å². The van der Waals surface area contributed by atoms with Crippen LogP contribution in [0.15, 0.2) is 47.0 Å². The molecule has 0 N–H and O–H groups in total. The Morgan fingerprint density at radius 3 is 2.38 bits per heavy atom. The Bertz CT molecular complexity index is 852. The van der Waals surface area contributed by atoms with Gasteiger partial charge in [-0.2, -0.15) is 4.98 Å². The first kappa shape index (κ1) is 16.1. The van der Waals surface area contributed by atoms with Crippen molar-refractivity contribution in [1.82, 2.24) is 10.1 Å². The molecule has 0 saturated carbocycles. The SMILES string of the molecule is COc1cc(OC)cc(-c2noc(/C=C/c3ccccc3Cl)n2)c1. The molecule has 0 spiro atoms. The van der Waals surface area contributed by atoms with Crippen molar-refractivity contribution in [3.8, 4) is 22.9 Å². The molecule has 0 amide bonds. The molecule has 0 aliphatic carbocycles. The minimum absolute atomic E-state index is 0.381. The molecule has 6 heteroatoms. The minimum atomic E-state index is 0.381. The Morgan fingerprint density at radius 2 is 1.71 bits per heavy atom. The molecule has 0 aliphatic heterocycles. The summed E-state index contributed by atoms with van der Waals surface area (Å²) in [5.74, 6) is 2.14. The fourth-order valence-corrected chi connectivity index (χ4v) is 2.33. The Balaban J connectivity index is 1.87. The Labute approximate surface area is 144 Å². The van der Waals surface area contributed by atoms with E-state index in [0.717, 1.165) is 11.1 Å². The molecule has 2 aromatic carbocycles. The Morgan fingerprint density at radius 1 is 1.00 bits per heavy atom. The second-order valence-corrected chi connectivity index (χ2v) is 5.32. The maximum atomic E-state index is 6.11. The van der Waals surface area contributed by atoms with Crippen molar-refractivity contribution in [3.05, 3.63) is 58.9 Å². The molecule has 3 aromatic rings. The van der Waals surface area contributed by atoms with Crippen LogP contribution in [-0.2, 0) is 0 Å². The van der Waals surface area contributed by atoms with E-state index in [9.17, 15) is 0 Å². The predicted molar refractivity (Wildman–Crippen MR) is 93.2 cm³/mol. The smallest absolute Gasteiger partial charge is 0.250 e. The first-order chi connectivity index (χ1) is 11.7. The van der Waals surface area contributed by atoms with Crippen molar-refractivity contribution in [2.24, 2.45) is 0 Å². The number of nitrogens with zero attached hydrogens (tertiary/aromatic N) is 2. The molecule has 0 unspecified atom stereocenters. The maximum absolute atomic E-state index is 6.11. The summed E-state index contributed by atoms with van der Waals surface area (Å²) in [5, 5.41) is 4.65. The highest BCUT2D eigenvalue weighted by atomic mass is 35.5. The zero-order valence-corrected chi connectivity index (χ0v) is 13.9. The van der Waals surface area contributed by atoms with Crippen LogP contribution in [0.25, 0.3) is 23.5 Å². The number of methoxy groups -OCH3 is 2. The van der Waals surface area contributed by atoms with E-state index >= 15 is 0 Å². The van der Waals surface area contributed by atoms with Crippen LogP contribution in [-0.4, -0.2) is 24.4 Å². The van der Waals surface area contributed by atoms with Crippen molar-refractivity contribution < 1.29 is 14.0 Å². The fourth-order valence-electron chi connectivity index (χ4n) is 2.13. The van der Waals surface area contributed by atoms with E-state index in [0.29, 0.717) is 28.2 Å². The van der Waals surface area contributed by atoms with Gasteiger partial charge in [0, 0.05) is 22.7 Å². The summed E-state index contributed by atoms with van der Waals surface area (Å²) >= 11 is 6.11. The number of halogens is 1. The van der Waals surface area contributed by atoms with Crippen LogP contribution < -0.4 is 9.47 Å². The third-order valence-electron chi connectivity index (χ3n) is 3.36. The average Bonchev–Trinajstić information content (AvgIpc) is 3.09. The molecule has 3 rings (SSSR count). The lowest BCUT2D eigenvalue weighted by molar-refractivity contribution is 0.394. The predicted octanol–water partition coefficient (Wildman–Crippen LogP) is 4.58. The van der Waals surface area contributed by atoms with Crippen molar-refractivity contribution >= 4 is 23.8 Å². The topological polar surface area (TPSA) is 57.4 Å². The largest absolute Gasteiger partial charge is 0.497 e. The van der Waals surface area contributed by atoms with Gasteiger partial charge in [-0.1, -0.05) is 35.0 Å². The quantitative estimate of drug-likeness (QED) is 0.679. The summed E-state index contributed by atoms with van der Waals surface area (Å²) in [4.78, 5) is 4.36. The standard InChI is InChI=1S/C18H15ClN2O3/c1-22-14-9-13(10-15(11-14)23-2)18-20-17(24-21-18)8-7-12-5-3-4-6-16(12)19/h3-11H,1-2H3/b8-7+. The average molecular weight is 343 g/mol. The summed E-state index contributed by atoms with van der Waals surface area (Å²) < 4.78 is 15.8. The van der Waals surface area contributed by atoms with Crippen molar-refractivity contribution in [2.75, 3.05) is 14.2 Å². The highest BCUT2D eigenvalue weighted by molar-refractivity contribution is 6.32. The zero-order chi connectivity index (χ0) is 16.9. The second-order valence-electron chi connectivity index (χ2n) is 4.91. The van der Waals surface area contributed by atoms with Crippen LogP contribution in [0.2, 0.25) is 5.02 Å². The van der Waals surface area contributed by atoms with Crippen LogP contribution in [0.3, 0.4) is 0 Å².